The van der Waals surface area contributed by atoms with Crippen LogP contribution in [0, 0.1) is 17.8 Å². The Bertz CT molecular complexity index is 200. The fraction of sp³-hybridized carbons (Fsp3) is 0.917. The zero-order valence-corrected chi connectivity index (χ0v) is 9.92. The molecule has 1 aliphatic rings. The molecule has 2 unspecified atom stereocenters. The average Bonchev–Trinajstić information content (AvgIpc) is 2.17. The molecule has 0 aromatic carbocycles. The number of carbonyl (C=O) groups is 1. The lowest BCUT2D eigenvalue weighted by atomic mass is 9.79. The highest BCUT2D eigenvalue weighted by atomic mass is 16.2. The lowest BCUT2D eigenvalue weighted by Crippen LogP contribution is -2.44. The number of rotatable bonds is 2. The van der Waals surface area contributed by atoms with E-state index in [2.05, 4.69) is 20.8 Å². The van der Waals surface area contributed by atoms with E-state index in [-0.39, 0.29) is 0 Å². The van der Waals surface area contributed by atoms with E-state index in [1.54, 1.807) is 0 Å². The van der Waals surface area contributed by atoms with Crippen LogP contribution in [0.4, 0.5) is 0 Å². The molecule has 0 aromatic heterocycles. The van der Waals surface area contributed by atoms with Gasteiger partial charge in [0.1, 0.15) is 0 Å². The van der Waals surface area contributed by atoms with Gasteiger partial charge in [-0.15, -0.1) is 0 Å². The van der Waals surface area contributed by atoms with Crippen LogP contribution in [0.1, 0.15) is 40.5 Å². The first-order chi connectivity index (χ1) is 6.56. The van der Waals surface area contributed by atoms with Crippen molar-refractivity contribution in [2.75, 3.05) is 13.1 Å². The van der Waals surface area contributed by atoms with Gasteiger partial charge in [-0.05, 0) is 24.2 Å². The van der Waals surface area contributed by atoms with Gasteiger partial charge in [0.05, 0.1) is 0 Å². The van der Waals surface area contributed by atoms with Crippen LogP contribution in [-0.4, -0.2) is 23.9 Å². The topological polar surface area (TPSA) is 20.3 Å². The lowest BCUT2D eigenvalue weighted by molar-refractivity contribution is -0.133. The van der Waals surface area contributed by atoms with E-state index in [1.807, 2.05) is 11.8 Å². The standard InChI is InChI=1S/C12H23NO/c1-5-12(14)13-7-6-10(4)11(8-13)9(2)3/h9-11H,5-8H2,1-4H3. The van der Waals surface area contributed by atoms with E-state index in [0.717, 1.165) is 19.0 Å². The zero-order chi connectivity index (χ0) is 10.7. The van der Waals surface area contributed by atoms with Gasteiger partial charge in [0.2, 0.25) is 5.91 Å². The molecule has 0 radical (unpaired) electrons. The van der Waals surface area contributed by atoms with Crippen molar-refractivity contribution >= 4 is 5.91 Å². The van der Waals surface area contributed by atoms with Gasteiger partial charge < -0.3 is 4.90 Å². The summed E-state index contributed by atoms with van der Waals surface area (Å²) in [5.41, 5.74) is 0. The highest BCUT2D eigenvalue weighted by molar-refractivity contribution is 5.75. The van der Waals surface area contributed by atoms with Crippen LogP contribution in [0.3, 0.4) is 0 Å². The minimum Gasteiger partial charge on any atom is -0.342 e. The zero-order valence-electron chi connectivity index (χ0n) is 9.92. The molecule has 0 aliphatic carbocycles. The van der Waals surface area contributed by atoms with Crippen LogP contribution >= 0.6 is 0 Å². The molecule has 0 bridgehead atoms. The largest absolute Gasteiger partial charge is 0.342 e. The summed E-state index contributed by atoms with van der Waals surface area (Å²) in [6.45, 7) is 10.7. The van der Waals surface area contributed by atoms with E-state index in [1.165, 1.54) is 6.42 Å². The molecule has 0 saturated carbocycles. The van der Waals surface area contributed by atoms with E-state index in [0.29, 0.717) is 24.2 Å². The highest BCUT2D eigenvalue weighted by Crippen LogP contribution is 2.29. The second-order valence-electron chi connectivity index (χ2n) is 4.87. The Morgan fingerprint density at radius 2 is 2.14 bits per heavy atom. The summed E-state index contributed by atoms with van der Waals surface area (Å²) in [5.74, 6) is 2.48. The maximum Gasteiger partial charge on any atom is 0.222 e. The van der Waals surface area contributed by atoms with Crippen LogP contribution in [0.15, 0.2) is 0 Å². The summed E-state index contributed by atoms with van der Waals surface area (Å²) in [4.78, 5) is 13.6. The predicted molar refractivity (Wildman–Crippen MR) is 59.0 cm³/mol. The minimum atomic E-state index is 0.322. The number of carbonyl (C=O) groups excluding carboxylic acids is 1. The van der Waals surface area contributed by atoms with Crippen molar-refractivity contribution in [2.24, 2.45) is 17.8 Å². The number of hydrogen-bond acceptors (Lipinski definition) is 1. The molecule has 1 heterocycles. The van der Waals surface area contributed by atoms with Gasteiger partial charge in [-0.1, -0.05) is 27.7 Å². The minimum absolute atomic E-state index is 0.322. The Kier molecular flexibility index (Phi) is 3.97. The highest BCUT2D eigenvalue weighted by Gasteiger charge is 2.29. The molecule has 1 fully saturated rings. The van der Waals surface area contributed by atoms with E-state index < -0.39 is 0 Å². The molecule has 82 valence electrons. The van der Waals surface area contributed by atoms with Crippen molar-refractivity contribution in [3.05, 3.63) is 0 Å². The molecule has 2 nitrogen and oxygen atoms in total. The first kappa shape index (κ1) is 11.5. The third-order valence-corrected chi connectivity index (χ3v) is 3.53. The number of likely N-dealkylation sites (tertiary alicyclic amines) is 1. The van der Waals surface area contributed by atoms with Gasteiger partial charge in [0, 0.05) is 19.5 Å². The summed E-state index contributed by atoms with van der Waals surface area (Å²) < 4.78 is 0. The number of nitrogens with zero attached hydrogens (tertiary/aromatic N) is 1. The third kappa shape index (κ3) is 2.49. The van der Waals surface area contributed by atoms with Crippen LogP contribution < -0.4 is 0 Å². The van der Waals surface area contributed by atoms with Crippen molar-refractivity contribution in [3.63, 3.8) is 0 Å². The van der Waals surface area contributed by atoms with Gasteiger partial charge >= 0.3 is 0 Å². The summed E-state index contributed by atoms with van der Waals surface area (Å²) in [5, 5.41) is 0. The van der Waals surface area contributed by atoms with Gasteiger partial charge in [0.15, 0.2) is 0 Å². The molecule has 2 atom stereocenters. The number of hydrogen-bond donors (Lipinski definition) is 0. The van der Waals surface area contributed by atoms with Crippen molar-refractivity contribution in [2.45, 2.75) is 40.5 Å². The van der Waals surface area contributed by atoms with E-state index in [9.17, 15) is 4.79 Å². The van der Waals surface area contributed by atoms with Crippen LogP contribution in [-0.2, 0) is 4.79 Å². The molecule has 14 heavy (non-hydrogen) atoms. The van der Waals surface area contributed by atoms with Gasteiger partial charge in [-0.25, -0.2) is 0 Å². The molecule has 0 spiro atoms. The van der Waals surface area contributed by atoms with Crippen molar-refractivity contribution < 1.29 is 4.79 Å². The first-order valence-electron chi connectivity index (χ1n) is 5.84. The number of amides is 1. The summed E-state index contributed by atoms with van der Waals surface area (Å²) in [6, 6.07) is 0. The van der Waals surface area contributed by atoms with Crippen LogP contribution in [0.25, 0.3) is 0 Å². The predicted octanol–water partition coefficient (Wildman–Crippen LogP) is 2.54. The number of piperidine rings is 1. The van der Waals surface area contributed by atoms with E-state index in [4.69, 9.17) is 0 Å². The monoisotopic (exact) mass is 197 g/mol. The quantitative estimate of drug-likeness (QED) is 0.666. The Hall–Kier alpha value is -0.530. The molecule has 1 saturated heterocycles. The summed E-state index contributed by atoms with van der Waals surface area (Å²) in [7, 11) is 0. The molecule has 0 N–H and O–H groups in total. The summed E-state index contributed by atoms with van der Waals surface area (Å²) >= 11 is 0. The van der Waals surface area contributed by atoms with Crippen LogP contribution in [0.5, 0.6) is 0 Å². The Labute approximate surface area is 87.7 Å². The van der Waals surface area contributed by atoms with E-state index >= 15 is 0 Å². The first-order valence-corrected chi connectivity index (χ1v) is 5.84. The SMILES string of the molecule is CCC(=O)N1CCC(C)C(C(C)C)C1. The Morgan fingerprint density at radius 3 is 2.64 bits per heavy atom. The lowest BCUT2D eigenvalue weighted by Gasteiger charge is -2.39. The summed E-state index contributed by atoms with van der Waals surface area (Å²) in [6.07, 6.45) is 1.83. The average molecular weight is 197 g/mol. The second kappa shape index (κ2) is 4.81. The maximum atomic E-state index is 11.6. The molecular weight excluding hydrogens is 174 g/mol. The smallest absolute Gasteiger partial charge is 0.222 e. The van der Waals surface area contributed by atoms with Gasteiger partial charge in [-0.2, -0.15) is 0 Å². The molecule has 1 rings (SSSR count). The molecule has 1 amide bonds. The van der Waals surface area contributed by atoms with Gasteiger partial charge in [0.25, 0.3) is 0 Å². The third-order valence-electron chi connectivity index (χ3n) is 3.53. The van der Waals surface area contributed by atoms with Crippen molar-refractivity contribution in [1.29, 1.82) is 0 Å². The van der Waals surface area contributed by atoms with Crippen LogP contribution in [0.2, 0.25) is 0 Å². The molecule has 2 heteroatoms. The fourth-order valence-corrected chi connectivity index (χ4v) is 2.42. The maximum absolute atomic E-state index is 11.6. The molecule has 0 aromatic rings. The van der Waals surface area contributed by atoms with Gasteiger partial charge in [-0.3, -0.25) is 4.79 Å². The molecule has 1 aliphatic heterocycles. The molecular formula is C12H23NO. The van der Waals surface area contributed by atoms with Crippen molar-refractivity contribution in [3.8, 4) is 0 Å². The second-order valence-corrected chi connectivity index (χ2v) is 4.87. The Morgan fingerprint density at radius 1 is 1.50 bits per heavy atom. The fourth-order valence-electron chi connectivity index (χ4n) is 2.42. The Balaban J connectivity index is 2.57. The van der Waals surface area contributed by atoms with Crippen molar-refractivity contribution in [1.82, 2.24) is 4.90 Å². The normalized spacial score (nSPS) is 28.2.